The number of benzene rings is 2. The van der Waals surface area contributed by atoms with Gasteiger partial charge >= 0.3 is 5.97 Å². The fraction of sp³-hybridized carbons (Fsp3) is 0.579. The molecule has 3 amide bonds. The van der Waals surface area contributed by atoms with Crippen molar-refractivity contribution >= 4 is 23.7 Å². The molecule has 0 aliphatic heterocycles. The maximum absolute atomic E-state index is 14.1. The van der Waals surface area contributed by atoms with Crippen LogP contribution >= 0.6 is 0 Å². The van der Waals surface area contributed by atoms with Gasteiger partial charge < -0.3 is 25.4 Å². The fourth-order valence-electron chi connectivity index (χ4n) is 6.67. The molecular formula is C38H53F2N3O6. The molecule has 0 spiro atoms. The molecule has 3 N–H and O–H groups in total. The van der Waals surface area contributed by atoms with Crippen molar-refractivity contribution in [2.45, 2.75) is 97.1 Å². The van der Waals surface area contributed by atoms with Crippen LogP contribution in [0.1, 0.15) is 105 Å². The summed E-state index contributed by atoms with van der Waals surface area (Å²) in [4.78, 5) is 53.8. The van der Waals surface area contributed by atoms with Crippen molar-refractivity contribution in [2.75, 3.05) is 26.7 Å². The zero-order valence-corrected chi connectivity index (χ0v) is 29.3. The summed E-state index contributed by atoms with van der Waals surface area (Å²) < 4.78 is 33.1. The zero-order chi connectivity index (χ0) is 35.9. The Morgan fingerprint density at radius 1 is 0.918 bits per heavy atom. The van der Waals surface area contributed by atoms with E-state index in [2.05, 4.69) is 10.6 Å². The molecule has 1 aliphatic carbocycles. The van der Waals surface area contributed by atoms with Crippen LogP contribution in [0.4, 0.5) is 8.78 Å². The molecule has 1 fully saturated rings. The number of rotatable bonds is 18. The van der Waals surface area contributed by atoms with Crippen LogP contribution in [0.2, 0.25) is 0 Å². The van der Waals surface area contributed by atoms with Crippen molar-refractivity contribution in [2.24, 2.45) is 17.8 Å². The number of aliphatic hydroxyl groups is 1. The number of halogens is 2. The van der Waals surface area contributed by atoms with Gasteiger partial charge in [0.2, 0.25) is 5.91 Å². The number of hydrogen-bond donors (Lipinski definition) is 3. The predicted octanol–water partition coefficient (Wildman–Crippen LogP) is 5.83. The normalized spacial score (nSPS) is 17.8. The molecule has 49 heavy (non-hydrogen) atoms. The molecule has 3 rings (SSSR count). The summed E-state index contributed by atoms with van der Waals surface area (Å²) in [6, 6.07) is 8.39. The monoisotopic (exact) mass is 685 g/mol. The molecule has 1 aliphatic rings. The van der Waals surface area contributed by atoms with E-state index in [1.807, 2.05) is 20.8 Å². The minimum Gasteiger partial charge on any atom is -0.469 e. The number of methoxy groups -OCH3 is 1. The van der Waals surface area contributed by atoms with Gasteiger partial charge in [-0.1, -0.05) is 33.3 Å². The van der Waals surface area contributed by atoms with Crippen LogP contribution in [0, 0.1) is 29.4 Å². The minimum atomic E-state index is -1.23. The molecule has 0 aromatic heterocycles. The lowest BCUT2D eigenvalue weighted by Gasteiger charge is -2.29. The largest absolute Gasteiger partial charge is 0.469 e. The smallest absolute Gasteiger partial charge is 0.308 e. The van der Waals surface area contributed by atoms with E-state index in [0.29, 0.717) is 50.9 Å². The number of nitrogens with zero attached hydrogens (tertiary/aromatic N) is 1. The number of ether oxygens (including phenoxy) is 1. The van der Waals surface area contributed by atoms with Gasteiger partial charge in [0.25, 0.3) is 11.8 Å². The van der Waals surface area contributed by atoms with Crippen molar-refractivity contribution in [3.05, 3.63) is 70.8 Å². The summed E-state index contributed by atoms with van der Waals surface area (Å²) >= 11 is 0. The second-order valence-electron chi connectivity index (χ2n) is 13.2. The van der Waals surface area contributed by atoms with Crippen LogP contribution in [0.25, 0.3) is 0 Å². The highest BCUT2D eigenvalue weighted by Crippen LogP contribution is 2.29. The van der Waals surface area contributed by atoms with Gasteiger partial charge in [0.15, 0.2) is 0 Å². The number of hydrogen-bond acceptors (Lipinski definition) is 6. The van der Waals surface area contributed by atoms with Crippen molar-refractivity contribution in [1.29, 1.82) is 0 Å². The van der Waals surface area contributed by atoms with Gasteiger partial charge in [-0.25, -0.2) is 8.78 Å². The Balaban J connectivity index is 1.75. The highest BCUT2D eigenvalue weighted by molar-refractivity contribution is 5.99. The first-order valence-electron chi connectivity index (χ1n) is 17.7. The first kappa shape index (κ1) is 39.6. The summed E-state index contributed by atoms with van der Waals surface area (Å²) in [6.45, 7) is 7.55. The standard InChI is InChI=1S/C38H53F2N3O6/c1-5-9-28(35(45)41-24-25-12-14-27(15-13-25)38(48)49-4)22-34(44)33(20-26-18-31(39)23-32(40)19-26)42-36(46)29-10-8-11-30(21-29)37(47)43(16-6-2)17-7-3/h8,10-11,18-19,21,23,25,27-28,33-34,44H,5-7,9,12-17,20,22,24H2,1-4H3,(H,41,45)(H,42,46)/t25?,27?,28-,33+,34+/m1/s1. The second kappa shape index (κ2) is 20.0. The Hall–Kier alpha value is -3.86. The summed E-state index contributed by atoms with van der Waals surface area (Å²) in [5.74, 6) is -3.19. The number of esters is 1. The fourth-order valence-corrected chi connectivity index (χ4v) is 6.67. The molecule has 9 nitrogen and oxygen atoms in total. The summed E-state index contributed by atoms with van der Waals surface area (Å²) in [6.07, 6.45) is 4.44. The first-order valence-corrected chi connectivity index (χ1v) is 17.7. The molecule has 2 aromatic carbocycles. The summed E-state index contributed by atoms with van der Waals surface area (Å²) in [7, 11) is 1.39. The highest BCUT2D eigenvalue weighted by Gasteiger charge is 2.31. The van der Waals surface area contributed by atoms with Gasteiger partial charge in [-0.15, -0.1) is 0 Å². The van der Waals surface area contributed by atoms with E-state index in [4.69, 9.17) is 4.74 Å². The molecule has 0 unspecified atom stereocenters. The van der Waals surface area contributed by atoms with Gasteiger partial charge in [-0.3, -0.25) is 19.2 Å². The molecule has 11 heteroatoms. The number of amides is 3. The summed E-state index contributed by atoms with van der Waals surface area (Å²) in [5.41, 5.74) is 0.795. The third-order valence-corrected chi connectivity index (χ3v) is 9.29. The Kier molecular flexibility index (Phi) is 16.1. The molecule has 0 radical (unpaired) electrons. The molecule has 2 aromatic rings. The minimum absolute atomic E-state index is 0.0129. The van der Waals surface area contributed by atoms with Crippen molar-refractivity contribution in [3.8, 4) is 0 Å². The van der Waals surface area contributed by atoms with E-state index in [1.165, 1.54) is 13.2 Å². The molecule has 1 saturated carbocycles. The van der Waals surface area contributed by atoms with Crippen molar-refractivity contribution < 1.29 is 37.8 Å². The Labute approximate surface area is 289 Å². The van der Waals surface area contributed by atoms with Gasteiger partial charge in [0.05, 0.1) is 25.2 Å². The van der Waals surface area contributed by atoms with Gasteiger partial charge in [-0.2, -0.15) is 0 Å². The van der Waals surface area contributed by atoms with Crippen LogP contribution in [-0.4, -0.2) is 72.6 Å². The maximum atomic E-state index is 14.1. The first-order chi connectivity index (χ1) is 23.5. The molecule has 3 atom stereocenters. The number of carbonyl (C=O) groups excluding carboxylic acids is 4. The van der Waals surface area contributed by atoms with Crippen molar-refractivity contribution in [1.82, 2.24) is 15.5 Å². The number of nitrogens with one attached hydrogen (secondary N) is 2. The van der Waals surface area contributed by atoms with E-state index < -0.39 is 35.6 Å². The number of aliphatic hydroxyl groups excluding tert-OH is 1. The van der Waals surface area contributed by atoms with Crippen LogP contribution in [0.3, 0.4) is 0 Å². The highest BCUT2D eigenvalue weighted by atomic mass is 19.1. The van der Waals surface area contributed by atoms with Crippen molar-refractivity contribution in [3.63, 3.8) is 0 Å². The summed E-state index contributed by atoms with van der Waals surface area (Å²) in [5, 5.41) is 17.4. The number of carbonyl (C=O) groups is 4. The average Bonchev–Trinajstić information content (AvgIpc) is 3.09. The van der Waals surface area contributed by atoms with Crippen LogP contribution in [-0.2, 0) is 20.7 Å². The Bertz CT molecular complexity index is 1370. The van der Waals surface area contributed by atoms with E-state index in [1.54, 1.807) is 23.1 Å². The van der Waals surface area contributed by atoms with Crippen LogP contribution < -0.4 is 10.6 Å². The molecule has 0 heterocycles. The second-order valence-corrected chi connectivity index (χ2v) is 13.2. The SMILES string of the molecule is CCC[C@H](C[C@H](O)[C@H](Cc1cc(F)cc(F)c1)NC(=O)c1cccc(C(=O)N(CCC)CCC)c1)C(=O)NCC1CCC(C(=O)OC)CC1. The Morgan fingerprint density at radius 2 is 1.55 bits per heavy atom. The predicted molar refractivity (Wildman–Crippen MR) is 184 cm³/mol. The third-order valence-electron chi connectivity index (χ3n) is 9.29. The lowest BCUT2D eigenvalue weighted by molar-refractivity contribution is -0.146. The average molecular weight is 686 g/mol. The van der Waals surface area contributed by atoms with E-state index in [-0.39, 0.29) is 53.6 Å². The third kappa shape index (κ3) is 12.2. The van der Waals surface area contributed by atoms with Gasteiger partial charge in [0, 0.05) is 42.7 Å². The van der Waals surface area contributed by atoms with Crippen LogP contribution in [0.15, 0.2) is 42.5 Å². The van der Waals surface area contributed by atoms with E-state index in [9.17, 15) is 33.1 Å². The quantitative estimate of drug-likeness (QED) is 0.170. The van der Waals surface area contributed by atoms with E-state index in [0.717, 1.165) is 43.9 Å². The van der Waals surface area contributed by atoms with Crippen LogP contribution in [0.5, 0.6) is 0 Å². The molecule has 0 bridgehead atoms. The topological polar surface area (TPSA) is 125 Å². The van der Waals surface area contributed by atoms with E-state index >= 15 is 0 Å². The maximum Gasteiger partial charge on any atom is 0.308 e. The van der Waals surface area contributed by atoms with Gasteiger partial charge in [0.1, 0.15) is 11.6 Å². The molecular weight excluding hydrogens is 632 g/mol. The Morgan fingerprint density at radius 3 is 2.14 bits per heavy atom. The zero-order valence-electron chi connectivity index (χ0n) is 29.3. The molecule has 270 valence electrons. The lowest BCUT2D eigenvalue weighted by Crippen LogP contribution is -2.47. The lowest BCUT2D eigenvalue weighted by atomic mass is 9.82. The van der Waals surface area contributed by atoms with Gasteiger partial charge in [-0.05, 0) is 99.6 Å². The molecule has 0 saturated heterocycles.